The smallest absolute Gasteiger partial charge is 0.215 e. The van der Waals surface area contributed by atoms with Gasteiger partial charge in [-0.3, -0.25) is 0 Å². The van der Waals surface area contributed by atoms with Gasteiger partial charge >= 0.3 is 0 Å². The zero-order chi connectivity index (χ0) is 12.2. The van der Waals surface area contributed by atoms with E-state index < -0.39 is 10.0 Å². The van der Waals surface area contributed by atoms with Gasteiger partial charge in [0.15, 0.2) is 0 Å². The summed E-state index contributed by atoms with van der Waals surface area (Å²) in [5.41, 5.74) is 5.30. The summed E-state index contributed by atoms with van der Waals surface area (Å²) in [6.07, 6.45) is 1.53. The minimum Gasteiger partial charge on any atom is -0.468 e. The number of hydrogen-bond acceptors (Lipinski definition) is 4. The molecule has 1 rings (SSSR count). The SMILES string of the molecule is CC(C)N(Cc1ccco1)S(=O)(=O)CCN. The first-order valence-corrected chi connectivity index (χ1v) is 6.80. The van der Waals surface area contributed by atoms with Crippen molar-refractivity contribution in [2.45, 2.75) is 26.4 Å². The van der Waals surface area contributed by atoms with Crippen molar-refractivity contribution in [1.82, 2.24) is 4.31 Å². The second kappa shape index (κ2) is 5.47. The van der Waals surface area contributed by atoms with Gasteiger partial charge in [-0.1, -0.05) is 0 Å². The van der Waals surface area contributed by atoms with Crippen LogP contribution in [-0.4, -0.2) is 31.1 Å². The molecule has 1 heterocycles. The van der Waals surface area contributed by atoms with E-state index >= 15 is 0 Å². The Balaban J connectivity index is 2.84. The molecule has 0 spiro atoms. The van der Waals surface area contributed by atoms with E-state index in [9.17, 15) is 8.42 Å². The van der Waals surface area contributed by atoms with Gasteiger partial charge in [0.1, 0.15) is 5.76 Å². The summed E-state index contributed by atoms with van der Waals surface area (Å²) >= 11 is 0. The minimum absolute atomic E-state index is 0.0358. The third kappa shape index (κ3) is 3.33. The largest absolute Gasteiger partial charge is 0.468 e. The molecular weight excluding hydrogens is 228 g/mol. The molecule has 1 aromatic rings. The van der Waals surface area contributed by atoms with Crippen molar-refractivity contribution in [3.8, 4) is 0 Å². The lowest BCUT2D eigenvalue weighted by Gasteiger charge is -2.24. The number of nitrogens with two attached hydrogens (primary N) is 1. The monoisotopic (exact) mass is 246 g/mol. The summed E-state index contributed by atoms with van der Waals surface area (Å²) in [6, 6.07) is 3.39. The zero-order valence-electron chi connectivity index (χ0n) is 9.59. The fourth-order valence-electron chi connectivity index (χ4n) is 1.42. The topological polar surface area (TPSA) is 76.5 Å². The summed E-state index contributed by atoms with van der Waals surface area (Å²) in [5.74, 6) is 0.598. The highest BCUT2D eigenvalue weighted by atomic mass is 32.2. The molecule has 0 bridgehead atoms. The first-order chi connectivity index (χ1) is 7.47. The Hall–Kier alpha value is -0.850. The molecule has 0 fully saturated rings. The molecule has 0 aliphatic carbocycles. The van der Waals surface area contributed by atoms with Crippen LogP contribution < -0.4 is 5.73 Å². The van der Waals surface area contributed by atoms with Crippen LogP contribution in [0.1, 0.15) is 19.6 Å². The average molecular weight is 246 g/mol. The van der Waals surface area contributed by atoms with Crippen LogP contribution in [0.5, 0.6) is 0 Å². The van der Waals surface area contributed by atoms with Gasteiger partial charge in [0, 0.05) is 12.6 Å². The number of nitrogens with zero attached hydrogens (tertiary/aromatic N) is 1. The zero-order valence-corrected chi connectivity index (χ0v) is 10.4. The van der Waals surface area contributed by atoms with Gasteiger partial charge in [0.05, 0.1) is 18.6 Å². The van der Waals surface area contributed by atoms with Gasteiger partial charge in [-0.15, -0.1) is 0 Å². The van der Waals surface area contributed by atoms with E-state index in [0.717, 1.165) is 0 Å². The van der Waals surface area contributed by atoms with Crippen molar-refractivity contribution in [2.75, 3.05) is 12.3 Å². The van der Waals surface area contributed by atoms with E-state index in [1.165, 1.54) is 10.6 Å². The number of hydrogen-bond donors (Lipinski definition) is 1. The van der Waals surface area contributed by atoms with Crippen LogP contribution in [0.4, 0.5) is 0 Å². The van der Waals surface area contributed by atoms with Crippen LogP contribution in [0.2, 0.25) is 0 Å². The minimum atomic E-state index is -3.30. The predicted octanol–water partition coefficient (Wildman–Crippen LogP) is 0.779. The lowest BCUT2D eigenvalue weighted by Crippen LogP contribution is -2.39. The molecule has 0 atom stereocenters. The maximum Gasteiger partial charge on any atom is 0.215 e. The third-order valence-corrected chi connectivity index (χ3v) is 4.22. The highest BCUT2D eigenvalue weighted by Crippen LogP contribution is 2.13. The van der Waals surface area contributed by atoms with Crippen LogP contribution in [0.15, 0.2) is 22.8 Å². The second-order valence-electron chi connectivity index (χ2n) is 3.82. The Kier molecular flexibility index (Phi) is 4.52. The summed E-state index contributed by atoms with van der Waals surface area (Å²) in [5, 5.41) is 0. The quantitative estimate of drug-likeness (QED) is 0.804. The molecular formula is C10H18N2O3S. The van der Waals surface area contributed by atoms with Gasteiger partial charge in [-0.05, 0) is 26.0 Å². The molecule has 0 saturated carbocycles. The van der Waals surface area contributed by atoms with Crippen molar-refractivity contribution in [3.63, 3.8) is 0 Å². The van der Waals surface area contributed by atoms with Crippen molar-refractivity contribution < 1.29 is 12.8 Å². The van der Waals surface area contributed by atoms with E-state index in [0.29, 0.717) is 5.76 Å². The third-order valence-electron chi connectivity index (χ3n) is 2.20. The highest BCUT2D eigenvalue weighted by molar-refractivity contribution is 7.89. The van der Waals surface area contributed by atoms with Crippen molar-refractivity contribution in [1.29, 1.82) is 0 Å². The number of sulfonamides is 1. The van der Waals surface area contributed by atoms with Crippen LogP contribution in [0, 0.1) is 0 Å². The molecule has 5 nitrogen and oxygen atoms in total. The first-order valence-electron chi connectivity index (χ1n) is 5.19. The van der Waals surface area contributed by atoms with Crippen molar-refractivity contribution in [2.24, 2.45) is 5.73 Å². The Morgan fingerprint density at radius 1 is 1.50 bits per heavy atom. The van der Waals surface area contributed by atoms with Gasteiger partial charge in [-0.25, -0.2) is 8.42 Å². The fraction of sp³-hybridized carbons (Fsp3) is 0.600. The molecule has 0 saturated heterocycles. The van der Waals surface area contributed by atoms with Crippen molar-refractivity contribution >= 4 is 10.0 Å². The Bertz CT molecular complexity index is 398. The molecule has 6 heteroatoms. The Morgan fingerprint density at radius 2 is 2.19 bits per heavy atom. The van der Waals surface area contributed by atoms with Crippen LogP contribution in [0.3, 0.4) is 0 Å². The fourth-order valence-corrected chi connectivity index (χ4v) is 2.92. The molecule has 0 aliphatic heterocycles. The molecule has 1 aromatic heterocycles. The van der Waals surface area contributed by atoms with Crippen LogP contribution in [-0.2, 0) is 16.6 Å². The highest BCUT2D eigenvalue weighted by Gasteiger charge is 2.24. The normalized spacial score (nSPS) is 12.6. The van der Waals surface area contributed by atoms with E-state index in [1.807, 2.05) is 13.8 Å². The molecule has 0 aliphatic rings. The lowest BCUT2D eigenvalue weighted by molar-refractivity contribution is 0.318. The van der Waals surface area contributed by atoms with Gasteiger partial charge in [0.25, 0.3) is 0 Å². The van der Waals surface area contributed by atoms with E-state index in [2.05, 4.69) is 0 Å². The van der Waals surface area contributed by atoms with Gasteiger partial charge in [-0.2, -0.15) is 4.31 Å². The molecule has 0 aromatic carbocycles. The number of rotatable bonds is 6. The molecule has 92 valence electrons. The predicted molar refractivity (Wildman–Crippen MR) is 62.2 cm³/mol. The maximum atomic E-state index is 11.9. The molecule has 16 heavy (non-hydrogen) atoms. The second-order valence-corrected chi connectivity index (χ2v) is 5.86. The Morgan fingerprint density at radius 3 is 2.62 bits per heavy atom. The van der Waals surface area contributed by atoms with E-state index in [4.69, 9.17) is 10.2 Å². The Labute approximate surface area is 96.3 Å². The van der Waals surface area contributed by atoms with Gasteiger partial charge in [0.2, 0.25) is 10.0 Å². The summed E-state index contributed by atoms with van der Waals surface area (Å²) < 4.78 is 30.4. The van der Waals surface area contributed by atoms with Crippen LogP contribution >= 0.6 is 0 Å². The molecule has 0 unspecified atom stereocenters. The average Bonchev–Trinajstić information content (AvgIpc) is 2.65. The summed E-state index contributed by atoms with van der Waals surface area (Å²) in [4.78, 5) is 0. The van der Waals surface area contributed by atoms with Gasteiger partial charge < -0.3 is 10.2 Å². The molecule has 2 N–H and O–H groups in total. The summed E-state index contributed by atoms with van der Waals surface area (Å²) in [7, 11) is -3.30. The summed E-state index contributed by atoms with van der Waals surface area (Å²) in [6.45, 7) is 4.05. The molecule has 0 amide bonds. The first kappa shape index (κ1) is 13.2. The van der Waals surface area contributed by atoms with E-state index in [1.54, 1.807) is 12.1 Å². The maximum absolute atomic E-state index is 11.9. The van der Waals surface area contributed by atoms with Crippen LogP contribution in [0.25, 0.3) is 0 Å². The number of furan rings is 1. The van der Waals surface area contributed by atoms with E-state index in [-0.39, 0.29) is 24.9 Å². The lowest BCUT2D eigenvalue weighted by atomic mass is 10.3. The molecule has 0 radical (unpaired) electrons. The standard InChI is InChI=1S/C10H18N2O3S/c1-9(2)12(16(13,14)7-5-11)8-10-4-3-6-15-10/h3-4,6,9H,5,7-8,11H2,1-2H3. The van der Waals surface area contributed by atoms with Crippen molar-refractivity contribution in [3.05, 3.63) is 24.2 Å².